The molecular weight excluding hydrogens is 498 g/mol. The maximum absolute atomic E-state index is 12.9. The van der Waals surface area contributed by atoms with Crippen LogP contribution in [-0.2, 0) is 6.54 Å². The molecule has 2 aromatic rings. The summed E-state index contributed by atoms with van der Waals surface area (Å²) in [5, 5.41) is 6.54. The van der Waals surface area contributed by atoms with E-state index >= 15 is 0 Å². The second-order valence-corrected chi connectivity index (χ2v) is 9.84. The molecule has 2 aromatic carbocycles. The monoisotopic (exact) mass is 531 g/mol. The molecule has 0 aliphatic carbocycles. The van der Waals surface area contributed by atoms with Gasteiger partial charge in [0.25, 0.3) is 5.91 Å². The summed E-state index contributed by atoms with van der Waals surface area (Å²) in [6.07, 6.45) is 6.48. The van der Waals surface area contributed by atoms with Crippen LogP contribution >= 0.6 is 28.1 Å². The molecule has 0 radical (unpaired) electrons. The highest BCUT2D eigenvalue weighted by atomic mass is 79.9. The van der Waals surface area contributed by atoms with E-state index in [-0.39, 0.29) is 11.9 Å². The van der Waals surface area contributed by atoms with Gasteiger partial charge in [0.15, 0.2) is 5.11 Å². The van der Waals surface area contributed by atoms with Crippen molar-refractivity contribution in [1.29, 1.82) is 0 Å². The van der Waals surface area contributed by atoms with Gasteiger partial charge >= 0.3 is 0 Å². The molecule has 178 valence electrons. The van der Waals surface area contributed by atoms with Gasteiger partial charge in [-0.15, -0.1) is 0 Å². The highest BCUT2D eigenvalue weighted by Gasteiger charge is 2.21. The molecular formula is C26H34BrN3O2S. The lowest BCUT2D eigenvalue weighted by Crippen LogP contribution is -2.48. The Morgan fingerprint density at radius 2 is 1.88 bits per heavy atom. The van der Waals surface area contributed by atoms with Crippen LogP contribution in [-0.4, -0.2) is 41.7 Å². The van der Waals surface area contributed by atoms with Crippen LogP contribution < -0.4 is 15.4 Å². The van der Waals surface area contributed by atoms with E-state index in [1.54, 1.807) is 6.07 Å². The molecule has 1 heterocycles. The minimum Gasteiger partial charge on any atom is -0.493 e. The maximum Gasteiger partial charge on any atom is 0.261 e. The summed E-state index contributed by atoms with van der Waals surface area (Å²) in [7, 11) is 0. The van der Waals surface area contributed by atoms with Crippen molar-refractivity contribution in [3.05, 3.63) is 64.1 Å². The molecule has 1 aliphatic heterocycles. The molecule has 0 aromatic heterocycles. The number of nitrogens with one attached hydrogen (secondary N) is 2. The van der Waals surface area contributed by atoms with Gasteiger partial charge in [0.2, 0.25) is 0 Å². The van der Waals surface area contributed by atoms with E-state index in [9.17, 15) is 4.79 Å². The van der Waals surface area contributed by atoms with Gasteiger partial charge in [0.1, 0.15) is 5.75 Å². The largest absolute Gasteiger partial charge is 0.493 e. The Bertz CT molecular complexity index is 902. The molecule has 1 amide bonds. The summed E-state index contributed by atoms with van der Waals surface area (Å²) >= 11 is 8.90. The number of nitrogens with zero attached hydrogens (tertiary/aromatic N) is 1. The zero-order valence-corrected chi connectivity index (χ0v) is 21.7. The Balaban J connectivity index is 1.45. The highest BCUT2D eigenvalue weighted by Crippen LogP contribution is 2.24. The fourth-order valence-electron chi connectivity index (χ4n) is 3.99. The molecule has 0 atom stereocenters. The van der Waals surface area contributed by atoms with Gasteiger partial charge < -0.3 is 10.1 Å². The fourth-order valence-corrected chi connectivity index (χ4v) is 4.61. The molecule has 1 aliphatic rings. The molecule has 0 saturated carbocycles. The number of carbonyl (C=O) groups is 1. The lowest BCUT2D eigenvalue weighted by Gasteiger charge is -2.32. The minimum atomic E-state index is -0.251. The average Bonchev–Trinajstić information content (AvgIpc) is 2.81. The summed E-state index contributed by atoms with van der Waals surface area (Å²) in [4.78, 5) is 15.4. The third kappa shape index (κ3) is 8.72. The van der Waals surface area contributed by atoms with Gasteiger partial charge in [-0.25, -0.2) is 0 Å². The number of halogens is 1. The topological polar surface area (TPSA) is 53.6 Å². The summed E-state index contributed by atoms with van der Waals surface area (Å²) in [6.45, 7) is 5.77. The van der Waals surface area contributed by atoms with E-state index in [4.69, 9.17) is 17.0 Å². The lowest BCUT2D eigenvalue weighted by atomic mass is 10.0. The second-order valence-electron chi connectivity index (χ2n) is 8.51. The number of amides is 1. The number of carbonyl (C=O) groups excluding carboxylic acids is 1. The number of benzene rings is 2. The van der Waals surface area contributed by atoms with Crippen molar-refractivity contribution in [1.82, 2.24) is 15.5 Å². The molecule has 0 bridgehead atoms. The van der Waals surface area contributed by atoms with Crippen molar-refractivity contribution in [3.8, 4) is 5.75 Å². The number of ether oxygens (including phenoxy) is 1. The Morgan fingerprint density at radius 1 is 1.12 bits per heavy atom. The number of likely N-dealkylation sites (tertiary alicyclic amines) is 1. The smallest absolute Gasteiger partial charge is 0.261 e. The third-order valence-corrected chi connectivity index (χ3v) is 6.55. The van der Waals surface area contributed by atoms with Gasteiger partial charge in [-0.05, 0) is 55.2 Å². The van der Waals surface area contributed by atoms with Crippen molar-refractivity contribution < 1.29 is 9.53 Å². The number of piperidine rings is 1. The van der Waals surface area contributed by atoms with Crippen LogP contribution in [0.4, 0.5) is 0 Å². The summed E-state index contributed by atoms with van der Waals surface area (Å²) in [6, 6.07) is 16.3. The van der Waals surface area contributed by atoms with Crippen molar-refractivity contribution in [3.63, 3.8) is 0 Å². The predicted octanol–water partition coefficient (Wildman–Crippen LogP) is 5.68. The van der Waals surface area contributed by atoms with Gasteiger partial charge in [-0.3, -0.25) is 15.0 Å². The first-order valence-electron chi connectivity index (χ1n) is 11.9. The standard InChI is InChI=1S/C26H34BrN3O2S/c1-2-3-4-8-17-32-24-12-11-21(27)18-23(24)25(31)29-26(33)28-22-13-15-30(16-14-22)19-20-9-6-5-7-10-20/h5-7,9-12,18,22H,2-4,8,13-17,19H2,1H3,(H2,28,29,31,33). The highest BCUT2D eigenvalue weighted by molar-refractivity contribution is 9.10. The predicted molar refractivity (Wildman–Crippen MR) is 142 cm³/mol. The third-order valence-electron chi connectivity index (χ3n) is 5.84. The number of hydrogen-bond donors (Lipinski definition) is 2. The van der Waals surface area contributed by atoms with Gasteiger partial charge in [-0.2, -0.15) is 0 Å². The zero-order chi connectivity index (χ0) is 23.5. The minimum absolute atomic E-state index is 0.251. The SMILES string of the molecule is CCCCCCOc1ccc(Br)cc1C(=O)NC(=S)NC1CCN(Cc2ccccc2)CC1. The fraction of sp³-hybridized carbons (Fsp3) is 0.462. The van der Waals surface area contributed by atoms with Crippen molar-refractivity contribution in [2.75, 3.05) is 19.7 Å². The molecule has 3 rings (SSSR count). The summed E-state index contributed by atoms with van der Waals surface area (Å²) < 4.78 is 6.73. The normalized spacial score (nSPS) is 14.6. The average molecular weight is 533 g/mol. The van der Waals surface area contributed by atoms with E-state index in [0.717, 1.165) is 49.8 Å². The Labute approximate surface area is 211 Å². The van der Waals surface area contributed by atoms with Crippen LogP contribution in [0.25, 0.3) is 0 Å². The van der Waals surface area contributed by atoms with Crippen molar-refractivity contribution in [2.24, 2.45) is 0 Å². The molecule has 7 heteroatoms. The second kappa shape index (κ2) is 13.7. The molecule has 2 N–H and O–H groups in total. The van der Waals surface area contributed by atoms with Crippen LogP contribution in [0.2, 0.25) is 0 Å². The summed E-state index contributed by atoms with van der Waals surface area (Å²) in [5.74, 6) is 0.336. The van der Waals surface area contributed by atoms with Crippen LogP contribution in [0.15, 0.2) is 53.0 Å². The van der Waals surface area contributed by atoms with Crippen LogP contribution in [0.3, 0.4) is 0 Å². The van der Waals surface area contributed by atoms with Crippen LogP contribution in [0.5, 0.6) is 5.75 Å². The Hall–Kier alpha value is -1.96. The van der Waals surface area contributed by atoms with Gasteiger partial charge in [0.05, 0.1) is 12.2 Å². The molecule has 5 nitrogen and oxygen atoms in total. The van der Waals surface area contributed by atoms with E-state index in [1.807, 2.05) is 18.2 Å². The molecule has 0 unspecified atom stereocenters. The first-order chi connectivity index (χ1) is 16.0. The Morgan fingerprint density at radius 3 is 2.61 bits per heavy atom. The van der Waals surface area contributed by atoms with Crippen molar-refractivity contribution >= 4 is 39.2 Å². The number of hydrogen-bond acceptors (Lipinski definition) is 4. The first kappa shape index (κ1) is 25.7. The quantitative estimate of drug-likeness (QED) is 0.305. The summed E-state index contributed by atoms with van der Waals surface area (Å²) in [5.41, 5.74) is 1.82. The lowest BCUT2D eigenvalue weighted by molar-refractivity contribution is 0.0972. The van der Waals surface area contributed by atoms with E-state index in [0.29, 0.717) is 23.0 Å². The molecule has 0 spiro atoms. The van der Waals surface area contributed by atoms with Gasteiger partial charge in [-0.1, -0.05) is 72.4 Å². The first-order valence-corrected chi connectivity index (χ1v) is 13.1. The number of rotatable bonds is 10. The van der Waals surface area contributed by atoms with Crippen LogP contribution in [0, 0.1) is 0 Å². The van der Waals surface area contributed by atoms with Gasteiger partial charge in [0, 0.05) is 30.1 Å². The molecule has 1 saturated heterocycles. The number of unbranched alkanes of at least 4 members (excludes halogenated alkanes) is 3. The maximum atomic E-state index is 12.9. The molecule has 1 fully saturated rings. The zero-order valence-electron chi connectivity index (χ0n) is 19.3. The van der Waals surface area contributed by atoms with E-state index in [1.165, 1.54) is 18.4 Å². The van der Waals surface area contributed by atoms with E-state index in [2.05, 4.69) is 62.7 Å². The van der Waals surface area contributed by atoms with Crippen molar-refractivity contribution in [2.45, 2.75) is 58.0 Å². The van der Waals surface area contributed by atoms with Crippen LogP contribution in [0.1, 0.15) is 61.4 Å². The number of thiocarbonyl (C=S) groups is 1. The molecule has 33 heavy (non-hydrogen) atoms. The van der Waals surface area contributed by atoms with E-state index < -0.39 is 0 Å². The Kier molecular flexibility index (Phi) is 10.6.